The highest BCUT2D eigenvalue weighted by Crippen LogP contribution is 2.29. The summed E-state index contributed by atoms with van der Waals surface area (Å²) in [5.74, 6) is 1.94. The monoisotopic (exact) mass is 333 g/mol. The summed E-state index contributed by atoms with van der Waals surface area (Å²) in [5, 5.41) is 13.0. The maximum Gasteiger partial charge on any atom is 0.235 e. The first-order valence-corrected chi connectivity index (χ1v) is 9.01. The predicted molar refractivity (Wildman–Crippen MR) is 91.2 cm³/mol. The van der Waals surface area contributed by atoms with Gasteiger partial charge in [0.1, 0.15) is 0 Å². The Morgan fingerprint density at radius 3 is 2.86 bits per heavy atom. The third-order valence-corrected chi connectivity index (χ3v) is 5.56. The molecule has 22 heavy (non-hydrogen) atoms. The number of hydrogen-bond donors (Lipinski definition) is 1. The number of nitrogens with two attached hydrogens (primary N) is 1. The Balaban J connectivity index is 1.78. The molecule has 2 heterocycles. The van der Waals surface area contributed by atoms with Crippen molar-refractivity contribution < 1.29 is 0 Å². The summed E-state index contributed by atoms with van der Waals surface area (Å²) in [7, 11) is 0. The lowest BCUT2D eigenvalue weighted by molar-refractivity contribution is 0.479. The van der Waals surface area contributed by atoms with Crippen molar-refractivity contribution >= 4 is 28.1 Å². The van der Waals surface area contributed by atoms with E-state index in [0.717, 1.165) is 20.9 Å². The number of nitrogens with zero attached hydrogens (tertiary/aromatic N) is 4. The lowest BCUT2D eigenvalue weighted by Gasteiger charge is -2.11. The molecule has 0 aliphatic heterocycles. The first-order chi connectivity index (χ1) is 10.5. The van der Waals surface area contributed by atoms with E-state index in [1.54, 1.807) is 27.6 Å². The van der Waals surface area contributed by atoms with Crippen LogP contribution in [0, 0.1) is 12.8 Å². The predicted octanol–water partition coefficient (Wildman–Crippen LogP) is 3.44. The lowest BCUT2D eigenvalue weighted by atomic mass is 10.1. The first-order valence-electron chi connectivity index (χ1n) is 7.20. The van der Waals surface area contributed by atoms with Crippen LogP contribution in [0.25, 0.3) is 4.96 Å². The maximum absolute atomic E-state index is 6.17. The molecule has 0 spiro atoms. The van der Waals surface area contributed by atoms with E-state index < -0.39 is 0 Å². The Bertz CT molecular complexity index is 777. The molecule has 1 aromatic carbocycles. The van der Waals surface area contributed by atoms with Crippen LogP contribution < -0.4 is 5.73 Å². The van der Waals surface area contributed by atoms with Crippen LogP contribution in [-0.2, 0) is 5.75 Å². The summed E-state index contributed by atoms with van der Waals surface area (Å²) in [6.07, 6.45) is 0. The van der Waals surface area contributed by atoms with Crippen LogP contribution >= 0.6 is 23.1 Å². The van der Waals surface area contributed by atoms with Gasteiger partial charge >= 0.3 is 0 Å². The summed E-state index contributed by atoms with van der Waals surface area (Å²) < 4.78 is 2.78. The fourth-order valence-corrected chi connectivity index (χ4v) is 3.95. The van der Waals surface area contributed by atoms with Gasteiger partial charge in [-0.25, -0.2) is 0 Å². The topological polar surface area (TPSA) is 69.1 Å². The zero-order chi connectivity index (χ0) is 15.7. The molecule has 3 rings (SSSR count). The largest absolute Gasteiger partial charge is 0.321 e. The van der Waals surface area contributed by atoms with E-state index in [1.165, 1.54) is 11.1 Å². The maximum atomic E-state index is 6.17. The summed E-state index contributed by atoms with van der Waals surface area (Å²) in [4.78, 5) is 0.804. The van der Waals surface area contributed by atoms with Gasteiger partial charge in [0.05, 0.1) is 6.04 Å². The quantitative estimate of drug-likeness (QED) is 0.724. The van der Waals surface area contributed by atoms with Crippen molar-refractivity contribution in [2.45, 2.75) is 36.9 Å². The van der Waals surface area contributed by atoms with Gasteiger partial charge in [0.15, 0.2) is 10.2 Å². The summed E-state index contributed by atoms with van der Waals surface area (Å²) in [6, 6.07) is 8.39. The number of benzene rings is 1. The number of fused-ring (bicyclic) bond motifs is 1. The molecule has 0 bridgehead atoms. The second-order valence-electron chi connectivity index (χ2n) is 5.67. The molecule has 116 valence electrons. The average molecular weight is 333 g/mol. The number of aryl methyl sites for hydroxylation is 1. The van der Waals surface area contributed by atoms with Gasteiger partial charge in [-0.05, 0) is 18.4 Å². The van der Waals surface area contributed by atoms with Crippen molar-refractivity contribution in [2.24, 2.45) is 11.7 Å². The fourth-order valence-electron chi connectivity index (χ4n) is 2.13. The van der Waals surface area contributed by atoms with Crippen molar-refractivity contribution in [1.82, 2.24) is 19.8 Å². The number of hydrogen-bond acceptors (Lipinski definition) is 6. The van der Waals surface area contributed by atoms with E-state index in [9.17, 15) is 0 Å². The molecule has 0 aliphatic rings. The molecule has 3 aromatic rings. The van der Waals surface area contributed by atoms with Crippen molar-refractivity contribution in [3.05, 3.63) is 41.2 Å². The Kier molecular flexibility index (Phi) is 4.46. The standard InChI is InChI=1S/C15H19N5S2/c1-9(2)12(16)13-17-18-14-20(13)19-15(22-14)21-8-11-6-4-5-10(3)7-11/h4-7,9,12H,8,16H2,1-3H3/t12-/m0/s1. The second-order valence-corrected chi connectivity index (χ2v) is 7.85. The molecule has 2 aromatic heterocycles. The number of rotatable bonds is 5. The SMILES string of the molecule is Cc1cccc(CSc2nn3c([C@@H](N)C(C)C)nnc3s2)c1. The Hall–Kier alpha value is -1.44. The molecule has 1 atom stereocenters. The Labute approximate surface area is 137 Å². The van der Waals surface area contributed by atoms with Gasteiger partial charge < -0.3 is 5.73 Å². The fraction of sp³-hybridized carbons (Fsp3) is 0.400. The van der Waals surface area contributed by atoms with E-state index in [0.29, 0.717) is 5.92 Å². The minimum absolute atomic E-state index is 0.147. The van der Waals surface area contributed by atoms with Gasteiger partial charge in [-0.15, -0.1) is 15.3 Å². The van der Waals surface area contributed by atoms with Crippen molar-refractivity contribution in [3.8, 4) is 0 Å². The normalized spacial score (nSPS) is 13.1. The molecule has 7 heteroatoms. The van der Waals surface area contributed by atoms with Gasteiger partial charge in [0.25, 0.3) is 0 Å². The third kappa shape index (κ3) is 3.16. The van der Waals surface area contributed by atoms with Crippen LogP contribution in [0.3, 0.4) is 0 Å². The molecular weight excluding hydrogens is 314 g/mol. The zero-order valence-electron chi connectivity index (χ0n) is 12.9. The highest BCUT2D eigenvalue weighted by molar-refractivity contribution is 8.00. The smallest absolute Gasteiger partial charge is 0.235 e. The van der Waals surface area contributed by atoms with Gasteiger partial charge in [0, 0.05) is 5.75 Å². The Morgan fingerprint density at radius 1 is 1.32 bits per heavy atom. The van der Waals surface area contributed by atoms with Crippen LogP contribution in [0.2, 0.25) is 0 Å². The van der Waals surface area contributed by atoms with Crippen LogP contribution in [0.4, 0.5) is 0 Å². The molecular formula is C15H19N5S2. The zero-order valence-corrected chi connectivity index (χ0v) is 14.5. The van der Waals surface area contributed by atoms with E-state index in [4.69, 9.17) is 5.73 Å². The minimum atomic E-state index is -0.147. The number of thioether (sulfide) groups is 1. The second kappa shape index (κ2) is 6.36. The molecule has 0 amide bonds. The minimum Gasteiger partial charge on any atom is -0.321 e. The molecule has 0 fully saturated rings. The summed E-state index contributed by atoms with van der Waals surface area (Å²) in [6.45, 7) is 6.26. The van der Waals surface area contributed by atoms with E-state index in [2.05, 4.69) is 60.3 Å². The van der Waals surface area contributed by atoms with Crippen LogP contribution in [-0.4, -0.2) is 19.8 Å². The van der Waals surface area contributed by atoms with E-state index in [-0.39, 0.29) is 6.04 Å². The van der Waals surface area contributed by atoms with Gasteiger partial charge in [0.2, 0.25) is 4.96 Å². The first kappa shape index (κ1) is 15.5. The van der Waals surface area contributed by atoms with Gasteiger partial charge in [-0.2, -0.15) is 4.52 Å². The van der Waals surface area contributed by atoms with Crippen molar-refractivity contribution in [3.63, 3.8) is 0 Å². The summed E-state index contributed by atoms with van der Waals surface area (Å²) in [5.41, 5.74) is 8.75. The Morgan fingerprint density at radius 2 is 2.14 bits per heavy atom. The van der Waals surface area contributed by atoms with Crippen LogP contribution in [0.5, 0.6) is 0 Å². The van der Waals surface area contributed by atoms with E-state index >= 15 is 0 Å². The van der Waals surface area contributed by atoms with Crippen molar-refractivity contribution in [2.75, 3.05) is 0 Å². The number of aromatic nitrogens is 4. The summed E-state index contributed by atoms with van der Waals surface area (Å²) >= 11 is 3.28. The van der Waals surface area contributed by atoms with Gasteiger partial charge in [-0.1, -0.05) is 66.8 Å². The molecule has 0 radical (unpaired) electrons. The van der Waals surface area contributed by atoms with Crippen LogP contribution in [0.1, 0.15) is 36.8 Å². The molecule has 0 saturated heterocycles. The molecule has 2 N–H and O–H groups in total. The van der Waals surface area contributed by atoms with Crippen molar-refractivity contribution in [1.29, 1.82) is 0 Å². The lowest BCUT2D eigenvalue weighted by Crippen LogP contribution is -2.20. The highest BCUT2D eigenvalue weighted by atomic mass is 32.2. The van der Waals surface area contributed by atoms with Gasteiger partial charge in [-0.3, -0.25) is 0 Å². The third-order valence-electron chi connectivity index (χ3n) is 3.46. The molecule has 0 aliphatic carbocycles. The van der Waals surface area contributed by atoms with Crippen LogP contribution in [0.15, 0.2) is 28.6 Å². The average Bonchev–Trinajstić information content (AvgIpc) is 3.04. The molecule has 0 unspecified atom stereocenters. The highest BCUT2D eigenvalue weighted by Gasteiger charge is 2.20. The van der Waals surface area contributed by atoms with E-state index in [1.807, 2.05) is 0 Å². The molecule has 5 nitrogen and oxygen atoms in total. The molecule has 0 saturated carbocycles.